The first-order valence-corrected chi connectivity index (χ1v) is 11.8. The van der Waals surface area contributed by atoms with E-state index in [-0.39, 0.29) is 43.4 Å². The molecule has 0 bridgehead atoms. The predicted molar refractivity (Wildman–Crippen MR) is 128 cm³/mol. The first-order chi connectivity index (χ1) is 16.5. The fraction of sp³-hybridized carbons (Fsp3) is 0.370. The molecule has 0 heterocycles. The van der Waals surface area contributed by atoms with Crippen LogP contribution in [0.5, 0.6) is 0 Å². The second-order valence-electron chi connectivity index (χ2n) is 8.87. The van der Waals surface area contributed by atoms with E-state index in [9.17, 15) is 14.4 Å². The Hall–Kier alpha value is -3.61. The van der Waals surface area contributed by atoms with E-state index in [1.165, 1.54) is 17.2 Å². The van der Waals surface area contributed by atoms with E-state index in [4.69, 9.17) is 9.84 Å². The lowest BCUT2D eigenvalue weighted by atomic mass is 9.82. The summed E-state index contributed by atoms with van der Waals surface area (Å²) >= 11 is 0. The Morgan fingerprint density at radius 3 is 2.29 bits per heavy atom. The van der Waals surface area contributed by atoms with Gasteiger partial charge in [0.25, 0.3) is 0 Å². The number of benzene rings is 2. The summed E-state index contributed by atoms with van der Waals surface area (Å²) < 4.78 is 5.48. The Bertz CT molecular complexity index is 1030. The molecule has 7 nitrogen and oxygen atoms in total. The van der Waals surface area contributed by atoms with E-state index in [0.29, 0.717) is 0 Å². The molecule has 178 valence electrons. The molecule has 2 aromatic carbocycles. The van der Waals surface area contributed by atoms with Crippen molar-refractivity contribution in [2.45, 2.75) is 44.1 Å². The number of nitrogens with one attached hydrogen (secondary N) is 2. The highest BCUT2D eigenvalue weighted by Gasteiger charge is 2.29. The molecule has 2 aromatic rings. The molecular formula is C27H30N2O5. The molecule has 2 atom stereocenters. The standard InChI is InChI=1S/C27H30N2O5/c30-25(29-24-13-6-1-8-18(24)16-26(31)32)14-7-15-28-27(33)34-17-23-21-11-4-2-9-19(21)20-10-3-5-12-22(20)23/h2-5,7,9-12,14,18,23-24H,1,6,8,13,15-17H2,(H,28,33)(H,29,30)(H,31,32)/b14-7+/t18-,24-/m0/s1. The molecule has 1 saturated carbocycles. The van der Waals surface area contributed by atoms with Gasteiger partial charge in [-0.25, -0.2) is 4.79 Å². The molecular weight excluding hydrogens is 432 g/mol. The minimum Gasteiger partial charge on any atom is -0.481 e. The fourth-order valence-corrected chi connectivity index (χ4v) is 5.05. The maximum absolute atomic E-state index is 12.2. The van der Waals surface area contributed by atoms with Gasteiger partial charge in [-0.05, 0) is 41.0 Å². The summed E-state index contributed by atoms with van der Waals surface area (Å²) in [6, 6.07) is 16.2. The zero-order valence-corrected chi connectivity index (χ0v) is 19.0. The quantitative estimate of drug-likeness (QED) is 0.509. The van der Waals surface area contributed by atoms with Gasteiger partial charge in [0.15, 0.2) is 0 Å². The number of fused-ring (bicyclic) bond motifs is 3. The maximum atomic E-state index is 12.2. The molecule has 2 amide bonds. The lowest BCUT2D eigenvalue weighted by molar-refractivity contribution is -0.139. The minimum absolute atomic E-state index is 0.00582. The van der Waals surface area contributed by atoms with E-state index in [0.717, 1.165) is 36.8 Å². The van der Waals surface area contributed by atoms with Crippen molar-refractivity contribution in [3.63, 3.8) is 0 Å². The molecule has 0 aromatic heterocycles. The van der Waals surface area contributed by atoms with E-state index >= 15 is 0 Å². The molecule has 0 radical (unpaired) electrons. The number of hydrogen-bond donors (Lipinski definition) is 3. The lowest BCUT2D eigenvalue weighted by Gasteiger charge is -2.30. The predicted octanol–water partition coefficient (Wildman–Crippen LogP) is 4.23. The monoisotopic (exact) mass is 462 g/mol. The number of alkyl carbamates (subject to hydrolysis) is 1. The first-order valence-electron chi connectivity index (χ1n) is 11.8. The highest BCUT2D eigenvalue weighted by Crippen LogP contribution is 2.44. The van der Waals surface area contributed by atoms with Gasteiger partial charge in [0, 0.05) is 24.6 Å². The highest BCUT2D eigenvalue weighted by atomic mass is 16.5. The topological polar surface area (TPSA) is 105 Å². The average molecular weight is 463 g/mol. The third kappa shape index (κ3) is 5.65. The van der Waals surface area contributed by atoms with Crippen molar-refractivity contribution in [1.82, 2.24) is 10.6 Å². The maximum Gasteiger partial charge on any atom is 0.407 e. The Morgan fingerprint density at radius 2 is 1.62 bits per heavy atom. The number of ether oxygens (including phenoxy) is 1. The molecule has 2 aliphatic carbocycles. The van der Waals surface area contributed by atoms with E-state index < -0.39 is 12.1 Å². The SMILES string of the molecule is O=C(O)C[C@@H]1CCCC[C@@H]1NC(=O)/C=C/CNC(=O)OCC1c2ccccc2-c2ccccc21. The Morgan fingerprint density at radius 1 is 0.971 bits per heavy atom. The van der Waals surface area contributed by atoms with Gasteiger partial charge in [-0.15, -0.1) is 0 Å². The fourth-order valence-electron chi connectivity index (χ4n) is 5.05. The number of aliphatic carboxylic acids is 1. The second-order valence-corrected chi connectivity index (χ2v) is 8.87. The number of carboxylic acids is 1. The van der Waals surface area contributed by atoms with Gasteiger partial charge in [-0.2, -0.15) is 0 Å². The van der Waals surface area contributed by atoms with Gasteiger partial charge in [0.05, 0.1) is 6.42 Å². The van der Waals surface area contributed by atoms with Crippen molar-refractivity contribution in [2.24, 2.45) is 5.92 Å². The van der Waals surface area contributed by atoms with Crippen LogP contribution in [0.15, 0.2) is 60.7 Å². The van der Waals surface area contributed by atoms with E-state index in [2.05, 4.69) is 34.9 Å². The van der Waals surface area contributed by atoms with Crippen molar-refractivity contribution in [1.29, 1.82) is 0 Å². The normalized spacial score (nSPS) is 19.3. The summed E-state index contributed by atoms with van der Waals surface area (Å²) in [5.74, 6) is -1.16. The van der Waals surface area contributed by atoms with Crippen LogP contribution in [-0.4, -0.2) is 42.3 Å². The van der Waals surface area contributed by atoms with Gasteiger partial charge in [-0.1, -0.05) is 67.4 Å². The highest BCUT2D eigenvalue weighted by molar-refractivity contribution is 5.88. The van der Waals surface area contributed by atoms with Crippen LogP contribution in [0, 0.1) is 5.92 Å². The van der Waals surface area contributed by atoms with Crippen molar-refractivity contribution in [3.8, 4) is 11.1 Å². The molecule has 0 unspecified atom stereocenters. The number of carbonyl (C=O) groups is 3. The van der Waals surface area contributed by atoms with Gasteiger partial charge >= 0.3 is 12.1 Å². The molecule has 2 aliphatic rings. The van der Waals surface area contributed by atoms with Crippen LogP contribution in [0.4, 0.5) is 4.79 Å². The first kappa shape index (κ1) is 23.5. The summed E-state index contributed by atoms with van der Waals surface area (Å²) in [6.45, 7) is 0.393. The van der Waals surface area contributed by atoms with Crippen LogP contribution < -0.4 is 10.6 Å². The number of amides is 2. The van der Waals surface area contributed by atoms with Gasteiger partial charge in [-0.3, -0.25) is 9.59 Å². The number of carboxylic acid groups (broad SMARTS) is 1. The average Bonchev–Trinajstić information content (AvgIpc) is 3.15. The molecule has 0 spiro atoms. The molecule has 0 aliphatic heterocycles. The minimum atomic E-state index is -0.839. The van der Waals surface area contributed by atoms with Crippen LogP contribution in [0.2, 0.25) is 0 Å². The third-order valence-electron chi connectivity index (χ3n) is 6.65. The molecule has 34 heavy (non-hydrogen) atoms. The summed E-state index contributed by atoms with van der Waals surface area (Å²) in [7, 11) is 0. The van der Waals surface area contributed by atoms with Crippen molar-refractivity contribution in [2.75, 3.05) is 13.2 Å². The van der Waals surface area contributed by atoms with Crippen molar-refractivity contribution in [3.05, 3.63) is 71.8 Å². The summed E-state index contributed by atoms with van der Waals surface area (Å²) in [6.07, 6.45) is 6.03. The van der Waals surface area contributed by atoms with Gasteiger partial charge < -0.3 is 20.5 Å². The van der Waals surface area contributed by atoms with E-state index in [1.807, 2.05) is 24.3 Å². The van der Waals surface area contributed by atoms with Crippen LogP contribution in [0.25, 0.3) is 11.1 Å². The molecule has 7 heteroatoms. The van der Waals surface area contributed by atoms with Crippen LogP contribution in [0.3, 0.4) is 0 Å². The summed E-state index contributed by atoms with van der Waals surface area (Å²) in [4.78, 5) is 35.5. The molecule has 4 rings (SSSR count). The van der Waals surface area contributed by atoms with E-state index in [1.54, 1.807) is 6.08 Å². The molecule has 0 saturated heterocycles. The molecule has 1 fully saturated rings. The van der Waals surface area contributed by atoms with Crippen LogP contribution in [-0.2, 0) is 14.3 Å². The van der Waals surface area contributed by atoms with Gasteiger partial charge in [0.1, 0.15) is 6.61 Å². The number of rotatable bonds is 8. The van der Waals surface area contributed by atoms with Gasteiger partial charge in [0.2, 0.25) is 5.91 Å². The summed E-state index contributed by atoms with van der Waals surface area (Å²) in [5, 5.41) is 14.6. The Kier molecular flexibility index (Phi) is 7.62. The Labute approximate surface area is 199 Å². The second kappa shape index (κ2) is 11.0. The number of hydrogen-bond acceptors (Lipinski definition) is 4. The lowest BCUT2D eigenvalue weighted by Crippen LogP contribution is -2.42. The van der Waals surface area contributed by atoms with Crippen LogP contribution in [0.1, 0.15) is 49.1 Å². The van der Waals surface area contributed by atoms with Crippen molar-refractivity contribution < 1.29 is 24.2 Å². The zero-order chi connectivity index (χ0) is 23.9. The summed E-state index contributed by atoms with van der Waals surface area (Å²) in [5.41, 5.74) is 4.64. The number of carbonyl (C=O) groups excluding carboxylic acids is 2. The molecule has 3 N–H and O–H groups in total. The van der Waals surface area contributed by atoms with Crippen LogP contribution >= 0.6 is 0 Å². The third-order valence-corrected chi connectivity index (χ3v) is 6.65. The smallest absolute Gasteiger partial charge is 0.407 e. The zero-order valence-electron chi connectivity index (χ0n) is 19.0. The largest absolute Gasteiger partial charge is 0.481 e. The Balaban J connectivity index is 1.23. The van der Waals surface area contributed by atoms with Crippen molar-refractivity contribution >= 4 is 18.0 Å².